The van der Waals surface area contributed by atoms with Crippen LogP contribution >= 0.6 is 0 Å². The Kier molecular flexibility index (Phi) is 6.30. The molecule has 0 radical (unpaired) electrons. The van der Waals surface area contributed by atoms with Crippen molar-refractivity contribution in [3.8, 4) is 0 Å². The van der Waals surface area contributed by atoms with Crippen LogP contribution < -0.4 is 10.2 Å². The van der Waals surface area contributed by atoms with Gasteiger partial charge >= 0.3 is 0 Å². The number of hydrogen-bond acceptors (Lipinski definition) is 6. The van der Waals surface area contributed by atoms with Crippen molar-refractivity contribution in [1.29, 1.82) is 0 Å². The number of hydrogen-bond donors (Lipinski definition) is 1. The normalized spacial score (nSPS) is 20.1. The van der Waals surface area contributed by atoms with E-state index in [1.54, 1.807) is 24.4 Å². The Balaban J connectivity index is 1.39. The van der Waals surface area contributed by atoms with Gasteiger partial charge in [-0.3, -0.25) is 14.6 Å². The molecule has 1 aromatic carbocycles. The van der Waals surface area contributed by atoms with Crippen LogP contribution in [0.5, 0.6) is 0 Å². The fourth-order valence-electron chi connectivity index (χ4n) is 3.69. The molecule has 31 heavy (non-hydrogen) atoms. The predicted molar refractivity (Wildman–Crippen MR) is 113 cm³/mol. The topological polar surface area (TPSA) is 109 Å². The van der Waals surface area contributed by atoms with Gasteiger partial charge in [0.05, 0.1) is 36.3 Å². The van der Waals surface area contributed by atoms with Crippen LogP contribution in [0.4, 0.5) is 5.69 Å². The number of nitrogens with one attached hydrogen (secondary N) is 1. The molecule has 2 fully saturated rings. The molecule has 2 aliphatic heterocycles. The maximum Gasteiger partial charge on any atom is 0.243 e. The van der Waals surface area contributed by atoms with Crippen LogP contribution in [0, 0.1) is 5.92 Å². The molecule has 0 bridgehead atoms. The zero-order valence-corrected chi connectivity index (χ0v) is 17.8. The van der Waals surface area contributed by atoms with Gasteiger partial charge in [0.1, 0.15) is 0 Å². The summed E-state index contributed by atoms with van der Waals surface area (Å²) in [5.41, 5.74) is 1.32. The van der Waals surface area contributed by atoms with E-state index in [4.69, 9.17) is 4.74 Å². The number of carbonyl (C=O) groups excluding carboxylic acids is 2. The predicted octanol–water partition coefficient (Wildman–Crippen LogP) is 0.772. The molecule has 164 valence electrons. The minimum absolute atomic E-state index is 0.113. The highest BCUT2D eigenvalue weighted by atomic mass is 32.2. The molecule has 3 heterocycles. The number of benzene rings is 1. The molecule has 10 heteroatoms. The lowest BCUT2D eigenvalue weighted by Crippen LogP contribution is -2.40. The van der Waals surface area contributed by atoms with Crippen molar-refractivity contribution in [2.75, 3.05) is 37.7 Å². The van der Waals surface area contributed by atoms with Crippen LogP contribution in [-0.4, -0.2) is 62.4 Å². The molecule has 0 unspecified atom stereocenters. The van der Waals surface area contributed by atoms with Gasteiger partial charge in [-0.05, 0) is 36.4 Å². The highest BCUT2D eigenvalue weighted by Gasteiger charge is 2.35. The number of amides is 2. The third-order valence-electron chi connectivity index (χ3n) is 5.42. The van der Waals surface area contributed by atoms with Gasteiger partial charge in [0.2, 0.25) is 21.8 Å². The number of morpholine rings is 1. The minimum atomic E-state index is -3.59. The van der Waals surface area contributed by atoms with E-state index in [1.807, 2.05) is 12.1 Å². The summed E-state index contributed by atoms with van der Waals surface area (Å²) in [6, 6.07) is 11.7. The van der Waals surface area contributed by atoms with Crippen molar-refractivity contribution < 1.29 is 22.7 Å². The Labute approximate surface area is 181 Å². The van der Waals surface area contributed by atoms with Gasteiger partial charge in [-0.1, -0.05) is 6.07 Å². The summed E-state index contributed by atoms with van der Waals surface area (Å²) in [5, 5.41) is 2.82. The smallest absolute Gasteiger partial charge is 0.243 e. The van der Waals surface area contributed by atoms with Gasteiger partial charge in [0.15, 0.2) is 0 Å². The Morgan fingerprint density at radius 2 is 1.87 bits per heavy atom. The fourth-order valence-corrected chi connectivity index (χ4v) is 5.10. The number of sulfonamides is 1. The summed E-state index contributed by atoms with van der Waals surface area (Å²) in [4.78, 5) is 30.8. The van der Waals surface area contributed by atoms with Crippen molar-refractivity contribution >= 4 is 27.5 Å². The number of nitrogens with zero attached hydrogens (tertiary/aromatic N) is 3. The summed E-state index contributed by atoms with van der Waals surface area (Å²) < 4.78 is 32.1. The summed E-state index contributed by atoms with van der Waals surface area (Å²) in [5.74, 6) is -0.831. The Hall–Kier alpha value is -2.82. The van der Waals surface area contributed by atoms with E-state index in [0.29, 0.717) is 38.5 Å². The first-order chi connectivity index (χ1) is 14.9. The highest BCUT2D eigenvalue weighted by Crippen LogP contribution is 2.27. The van der Waals surface area contributed by atoms with Crippen molar-refractivity contribution in [2.45, 2.75) is 17.9 Å². The fraction of sp³-hybridized carbons (Fsp3) is 0.381. The summed E-state index contributed by atoms with van der Waals surface area (Å²) >= 11 is 0. The molecule has 1 N–H and O–H groups in total. The standard InChI is InChI=1S/C21H24N4O5S/c26-20-13-16(21(27)23-14-17-3-1-2-8-22-17)15-25(20)18-4-6-19(7-5-18)31(28,29)24-9-11-30-12-10-24/h1-8,16H,9-15H2,(H,23,27)/t16-/m0/s1. The highest BCUT2D eigenvalue weighted by molar-refractivity contribution is 7.89. The molecule has 0 spiro atoms. The molecule has 0 aliphatic carbocycles. The van der Waals surface area contributed by atoms with E-state index in [9.17, 15) is 18.0 Å². The van der Waals surface area contributed by atoms with Crippen LogP contribution in [0.3, 0.4) is 0 Å². The average molecular weight is 445 g/mol. The van der Waals surface area contributed by atoms with E-state index in [1.165, 1.54) is 21.3 Å². The summed E-state index contributed by atoms with van der Waals surface area (Å²) in [7, 11) is -3.59. The van der Waals surface area contributed by atoms with Crippen LogP contribution in [0.15, 0.2) is 53.6 Å². The van der Waals surface area contributed by atoms with E-state index < -0.39 is 15.9 Å². The maximum atomic E-state index is 12.7. The Morgan fingerprint density at radius 3 is 2.55 bits per heavy atom. The lowest BCUT2D eigenvalue weighted by atomic mass is 10.1. The van der Waals surface area contributed by atoms with Crippen LogP contribution in [0.1, 0.15) is 12.1 Å². The van der Waals surface area contributed by atoms with Gasteiger partial charge in [0.25, 0.3) is 0 Å². The molecular weight excluding hydrogens is 420 g/mol. The van der Waals surface area contributed by atoms with E-state index in [2.05, 4.69) is 10.3 Å². The van der Waals surface area contributed by atoms with Gasteiger partial charge in [-0.2, -0.15) is 4.31 Å². The lowest BCUT2D eigenvalue weighted by Gasteiger charge is -2.26. The molecule has 1 atom stereocenters. The van der Waals surface area contributed by atoms with Crippen LogP contribution in [0.25, 0.3) is 0 Å². The molecule has 2 saturated heterocycles. The first-order valence-electron chi connectivity index (χ1n) is 10.1. The third kappa shape index (κ3) is 4.76. The van der Waals surface area contributed by atoms with Gasteiger partial charge in [-0.15, -0.1) is 0 Å². The maximum absolute atomic E-state index is 12.7. The Bertz CT molecular complexity index is 1040. The average Bonchev–Trinajstić information content (AvgIpc) is 3.20. The molecule has 4 rings (SSSR count). The number of carbonyl (C=O) groups is 2. The third-order valence-corrected chi connectivity index (χ3v) is 7.33. The molecular formula is C21H24N4O5S. The minimum Gasteiger partial charge on any atom is -0.379 e. The first kappa shape index (κ1) is 21.4. The van der Waals surface area contributed by atoms with Crippen LogP contribution in [-0.2, 0) is 30.9 Å². The molecule has 9 nitrogen and oxygen atoms in total. The number of rotatable bonds is 6. The van der Waals surface area contributed by atoms with Crippen LogP contribution in [0.2, 0.25) is 0 Å². The van der Waals surface area contributed by atoms with E-state index >= 15 is 0 Å². The van der Waals surface area contributed by atoms with Crippen molar-refractivity contribution in [3.63, 3.8) is 0 Å². The number of anilines is 1. The zero-order valence-electron chi connectivity index (χ0n) is 16.9. The second kappa shape index (κ2) is 9.13. The van der Waals surface area contributed by atoms with E-state index in [0.717, 1.165) is 5.69 Å². The lowest BCUT2D eigenvalue weighted by molar-refractivity contribution is -0.126. The molecule has 1 aromatic heterocycles. The molecule has 2 aromatic rings. The first-order valence-corrected chi connectivity index (χ1v) is 11.5. The van der Waals surface area contributed by atoms with Gasteiger partial charge in [0, 0.05) is 37.9 Å². The van der Waals surface area contributed by atoms with Gasteiger partial charge in [-0.25, -0.2) is 8.42 Å². The summed E-state index contributed by atoms with van der Waals surface area (Å²) in [6.45, 7) is 1.96. The number of pyridine rings is 1. The zero-order chi connectivity index (χ0) is 21.8. The molecule has 0 saturated carbocycles. The Morgan fingerprint density at radius 1 is 1.13 bits per heavy atom. The number of ether oxygens (including phenoxy) is 1. The second-order valence-corrected chi connectivity index (χ2v) is 9.39. The SMILES string of the molecule is O=C(NCc1ccccn1)[C@H]1CC(=O)N(c2ccc(S(=O)(=O)N3CCOCC3)cc2)C1. The van der Waals surface area contributed by atoms with Crippen molar-refractivity contribution in [3.05, 3.63) is 54.4 Å². The second-order valence-electron chi connectivity index (χ2n) is 7.45. The molecule has 2 aliphatic rings. The van der Waals surface area contributed by atoms with Crippen molar-refractivity contribution in [2.24, 2.45) is 5.92 Å². The number of aromatic nitrogens is 1. The monoisotopic (exact) mass is 444 g/mol. The molecule has 2 amide bonds. The van der Waals surface area contributed by atoms with Gasteiger partial charge < -0.3 is 15.0 Å². The van der Waals surface area contributed by atoms with E-state index in [-0.39, 0.29) is 29.7 Å². The quantitative estimate of drug-likeness (QED) is 0.705. The van der Waals surface area contributed by atoms with Crippen molar-refractivity contribution in [1.82, 2.24) is 14.6 Å². The summed E-state index contributed by atoms with van der Waals surface area (Å²) in [6.07, 6.45) is 1.77. The largest absolute Gasteiger partial charge is 0.379 e.